The van der Waals surface area contributed by atoms with Gasteiger partial charge in [-0.15, -0.1) is 0 Å². The predicted octanol–water partition coefficient (Wildman–Crippen LogP) is 3.58. The lowest BCUT2D eigenvalue weighted by Gasteiger charge is -2.35. The second-order valence-corrected chi connectivity index (χ2v) is 5.69. The lowest BCUT2D eigenvalue weighted by atomic mass is 9.89. The van der Waals surface area contributed by atoms with E-state index in [1.165, 1.54) is 38.8 Å². The third kappa shape index (κ3) is 4.14. The molecule has 1 fully saturated rings. The molecule has 2 nitrogen and oxygen atoms in total. The molecule has 1 aliphatic heterocycles. The predicted molar refractivity (Wildman–Crippen MR) is 68.1 cm³/mol. The molecule has 92 valence electrons. The Kier molecular flexibility index (Phi) is 5.28. The molecule has 1 aliphatic rings. The first-order chi connectivity index (χ1) is 7.59. The summed E-state index contributed by atoms with van der Waals surface area (Å²) in [6, 6.07) is 3.19. The maximum absolute atomic E-state index is 8.97. The van der Waals surface area contributed by atoms with Crippen molar-refractivity contribution in [2.45, 2.75) is 65.3 Å². The van der Waals surface area contributed by atoms with Crippen LogP contribution in [0, 0.1) is 16.7 Å². The van der Waals surface area contributed by atoms with Crippen LogP contribution >= 0.6 is 0 Å². The topological polar surface area (TPSA) is 27.0 Å². The second-order valence-electron chi connectivity index (χ2n) is 5.69. The van der Waals surface area contributed by atoms with Crippen molar-refractivity contribution in [3.05, 3.63) is 0 Å². The Morgan fingerprint density at radius 3 is 2.75 bits per heavy atom. The van der Waals surface area contributed by atoms with Crippen LogP contribution in [0.2, 0.25) is 0 Å². The van der Waals surface area contributed by atoms with Gasteiger partial charge in [0.2, 0.25) is 0 Å². The number of hydrogen-bond donors (Lipinski definition) is 0. The number of nitriles is 1. The first-order valence-corrected chi connectivity index (χ1v) is 6.74. The molecule has 0 amide bonds. The minimum Gasteiger partial charge on any atom is -0.300 e. The van der Waals surface area contributed by atoms with Gasteiger partial charge in [0.25, 0.3) is 0 Å². The van der Waals surface area contributed by atoms with Crippen LogP contribution in [-0.4, -0.2) is 24.0 Å². The zero-order valence-electron chi connectivity index (χ0n) is 11.1. The molecule has 0 N–H and O–H groups in total. The van der Waals surface area contributed by atoms with Gasteiger partial charge in [-0.2, -0.15) is 5.26 Å². The largest absolute Gasteiger partial charge is 0.300 e. The Morgan fingerprint density at radius 2 is 2.12 bits per heavy atom. The average molecular weight is 222 g/mol. The van der Waals surface area contributed by atoms with Crippen molar-refractivity contribution in [2.24, 2.45) is 5.41 Å². The lowest BCUT2D eigenvalue weighted by molar-refractivity contribution is 0.138. The fourth-order valence-corrected chi connectivity index (χ4v) is 2.60. The van der Waals surface area contributed by atoms with Crippen molar-refractivity contribution in [1.82, 2.24) is 4.90 Å². The van der Waals surface area contributed by atoms with E-state index in [9.17, 15) is 0 Å². The average Bonchev–Trinajstić information content (AvgIpc) is 2.29. The van der Waals surface area contributed by atoms with Gasteiger partial charge < -0.3 is 4.90 Å². The molecule has 1 atom stereocenters. The molecule has 0 aromatic carbocycles. The monoisotopic (exact) mass is 222 g/mol. The molecule has 2 heteroatoms. The summed E-state index contributed by atoms with van der Waals surface area (Å²) in [7, 11) is 0. The summed E-state index contributed by atoms with van der Waals surface area (Å²) >= 11 is 0. The van der Waals surface area contributed by atoms with Gasteiger partial charge in [-0.3, -0.25) is 0 Å². The van der Waals surface area contributed by atoms with Crippen LogP contribution in [0.3, 0.4) is 0 Å². The summed E-state index contributed by atoms with van der Waals surface area (Å²) < 4.78 is 0. The van der Waals surface area contributed by atoms with Crippen molar-refractivity contribution >= 4 is 0 Å². The number of piperidine rings is 1. The summed E-state index contributed by atoms with van der Waals surface area (Å²) in [5.74, 6) is 0. The zero-order valence-corrected chi connectivity index (χ0v) is 11.1. The minimum absolute atomic E-state index is 0.141. The highest BCUT2D eigenvalue weighted by Gasteiger charge is 2.22. The van der Waals surface area contributed by atoms with E-state index in [1.54, 1.807) is 0 Å². The summed E-state index contributed by atoms with van der Waals surface area (Å²) in [5, 5.41) is 8.97. The maximum atomic E-state index is 8.97. The molecule has 16 heavy (non-hydrogen) atoms. The molecule has 0 aromatic rings. The molecule has 1 rings (SSSR count). The number of rotatable bonds is 5. The Morgan fingerprint density at radius 1 is 1.38 bits per heavy atom. The van der Waals surface area contributed by atoms with Gasteiger partial charge in [0.15, 0.2) is 0 Å². The van der Waals surface area contributed by atoms with E-state index in [-0.39, 0.29) is 5.41 Å². The van der Waals surface area contributed by atoms with E-state index in [0.29, 0.717) is 0 Å². The fraction of sp³-hybridized carbons (Fsp3) is 0.929. The lowest BCUT2D eigenvalue weighted by Crippen LogP contribution is -2.39. The van der Waals surface area contributed by atoms with Crippen molar-refractivity contribution < 1.29 is 0 Å². The van der Waals surface area contributed by atoms with Gasteiger partial charge in [-0.25, -0.2) is 0 Å². The normalized spacial score (nSPS) is 23.0. The highest BCUT2D eigenvalue weighted by Crippen LogP contribution is 2.23. The van der Waals surface area contributed by atoms with Crippen molar-refractivity contribution in [3.63, 3.8) is 0 Å². The van der Waals surface area contributed by atoms with E-state index in [0.717, 1.165) is 18.9 Å². The van der Waals surface area contributed by atoms with Crippen LogP contribution in [0.15, 0.2) is 0 Å². The van der Waals surface area contributed by atoms with E-state index < -0.39 is 0 Å². The Balaban J connectivity index is 2.28. The number of nitrogens with zero attached hydrogens (tertiary/aromatic N) is 2. The van der Waals surface area contributed by atoms with Crippen LogP contribution in [-0.2, 0) is 0 Å². The maximum Gasteiger partial charge on any atom is 0.0683 e. The van der Waals surface area contributed by atoms with Crippen molar-refractivity contribution in [1.29, 1.82) is 5.26 Å². The zero-order chi connectivity index (χ0) is 12.0. The van der Waals surface area contributed by atoms with Crippen LogP contribution in [0.25, 0.3) is 0 Å². The van der Waals surface area contributed by atoms with Crippen molar-refractivity contribution in [3.8, 4) is 6.07 Å². The molecule has 0 radical (unpaired) electrons. The van der Waals surface area contributed by atoms with Gasteiger partial charge in [-0.05, 0) is 59.0 Å². The van der Waals surface area contributed by atoms with E-state index in [1.807, 2.05) is 13.8 Å². The quantitative estimate of drug-likeness (QED) is 0.711. The number of hydrogen-bond acceptors (Lipinski definition) is 2. The summed E-state index contributed by atoms with van der Waals surface area (Å²) in [6.45, 7) is 8.83. The smallest absolute Gasteiger partial charge is 0.0683 e. The van der Waals surface area contributed by atoms with Crippen LogP contribution in [0.5, 0.6) is 0 Å². The molecule has 0 aromatic heterocycles. The number of likely N-dealkylation sites (tertiary alicyclic amines) is 1. The Hall–Kier alpha value is -0.550. The van der Waals surface area contributed by atoms with Crippen LogP contribution in [0.4, 0.5) is 0 Å². The second kappa shape index (κ2) is 6.25. The molecular formula is C14H26N2. The third-order valence-electron chi connectivity index (χ3n) is 3.77. The van der Waals surface area contributed by atoms with E-state index >= 15 is 0 Å². The summed E-state index contributed by atoms with van der Waals surface area (Å²) in [4.78, 5) is 2.64. The Bertz CT molecular complexity index is 240. The third-order valence-corrected chi connectivity index (χ3v) is 3.77. The molecule has 1 saturated heterocycles. The SMILES string of the molecule is CCC1CCCCN1CCCC(C)(C)C#N. The first kappa shape index (κ1) is 13.5. The molecule has 0 spiro atoms. The molecular weight excluding hydrogens is 196 g/mol. The van der Waals surface area contributed by atoms with E-state index in [4.69, 9.17) is 5.26 Å². The van der Waals surface area contributed by atoms with Crippen LogP contribution in [0.1, 0.15) is 59.3 Å². The highest BCUT2D eigenvalue weighted by atomic mass is 15.2. The highest BCUT2D eigenvalue weighted by molar-refractivity contribution is 4.91. The van der Waals surface area contributed by atoms with Crippen molar-refractivity contribution in [2.75, 3.05) is 13.1 Å². The fourth-order valence-electron chi connectivity index (χ4n) is 2.60. The Labute approximate surface area is 101 Å². The minimum atomic E-state index is -0.141. The molecule has 1 unspecified atom stereocenters. The molecule has 0 saturated carbocycles. The van der Waals surface area contributed by atoms with Gasteiger partial charge in [0, 0.05) is 6.04 Å². The van der Waals surface area contributed by atoms with Crippen LogP contribution < -0.4 is 0 Å². The van der Waals surface area contributed by atoms with Gasteiger partial charge >= 0.3 is 0 Å². The molecule has 1 heterocycles. The van der Waals surface area contributed by atoms with Gasteiger partial charge in [0.1, 0.15) is 0 Å². The molecule has 0 aliphatic carbocycles. The van der Waals surface area contributed by atoms with E-state index in [2.05, 4.69) is 17.9 Å². The first-order valence-electron chi connectivity index (χ1n) is 6.74. The standard InChI is InChI=1S/C14H26N2/c1-4-13-8-5-6-10-16(13)11-7-9-14(2,3)12-15/h13H,4-11H2,1-3H3. The molecule has 0 bridgehead atoms. The summed E-state index contributed by atoms with van der Waals surface area (Å²) in [5.41, 5.74) is -0.141. The van der Waals surface area contributed by atoms with Gasteiger partial charge in [0.05, 0.1) is 11.5 Å². The summed E-state index contributed by atoms with van der Waals surface area (Å²) in [6.07, 6.45) is 7.60. The van der Waals surface area contributed by atoms with Gasteiger partial charge in [-0.1, -0.05) is 13.3 Å².